The number of hydrogen-bond donors (Lipinski definition) is 1. The van der Waals surface area contributed by atoms with E-state index in [4.69, 9.17) is 0 Å². The second kappa shape index (κ2) is 7.59. The van der Waals surface area contributed by atoms with Gasteiger partial charge in [-0.1, -0.05) is 6.07 Å². The number of urea groups is 1. The van der Waals surface area contributed by atoms with Crippen LogP contribution >= 0.6 is 0 Å². The summed E-state index contributed by atoms with van der Waals surface area (Å²) in [6, 6.07) is 7.05. The number of aromatic nitrogens is 1. The third kappa shape index (κ3) is 3.95. The van der Waals surface area contributed by atoms with Crippen molar-refractivity contribution in [3.63, 3.8) is 0 Å². The van der Waals surface area contributed by atoms with E-state index in [1.54, 1.807) is 24.2 Å². The number of hydrogen-bond acceptors (Lipinski definition) is 2. The number of nitrogens with zero attached hydrogens (tertiary/aromatic N) is 2. The minimum Gasteiger partial charge on any atom is -0.335 e. The van der Waals surface area contributed by atoms with Crippen LogP contribution in [0.5, 0.6) is 0 Å². The first kappa shape index (κ1) is 17.3. The molecular weight excluding hydrogens is 324 g/mol. The molecule has 1 aromatic heterocycles. The van der Waals surface area contributed by atoms with E-state index in [2.05, 4.69) is 10.3 Å². The van der Waals surface area contributed by atoms with Gasteiger partial charge in [0.05, 0.1) is 6.04 Å². The largest absolute Gasteiger partial charge is 0.335 e. The molecule has 0 unspecified atom stereocenters. The second-order valence-electron chi connectivity index (χ2n) is 6.39. The van der Waals surface area contributed by atoms with Gasteiger partial charge in [0, 0.05) is 30.5 Å². The number of amides is 2. The SMILES string of the molecule is C[C@@H](Cc1c(F)cccc1F)NC(=O)N1CCC[C@@H]1c1ccncc1. The molecule has 2 amide bonds. The standard InChI is InChI=1S/C19H21F2N3O/c1-13(12-15-16(20)4-2-5-17(15)21)23-19(25)24-11-3-6-18(24)14-7-9-22-10-8-14/h2,4-5,7-10,13,18H,3,6,11-12H2,1H3,(H,23,25)/t13-,18+/m0/s1. The summed E-state index contributed by atoms with van der Waals surface area (Å²) in [6.45, 7) is 2.42. The molecule has 3 rings (SSSR count). The minimum absolute atomic E-state index is 0.00223. The van der Waals surface area contributed by atoms with Crippen molar-refractivity contribution in [2.24, 2.45) is 0 Å². The Hall–Kier alpha value is -2.50. The Morgan fingerprint density at radius 3 is 2.64 bits per heavy atom. The van der Waals surface area contributed by atoms with Gasteiger partial charge in [0.15, 0.2) is 0 Å². The average molecular weight is 345 g/mol. The number of nitrogens with one attached hydrogen (secondary N) is 1. The zero-order valence-electron chi connectivity index (χ0n) is 14.1. The van der Waals surface area contributed by atoms with Crippen molar-refractivity contribution < 1.29 is 13.6 Å². The van der Waals surface area contributed by atoms with Crippen molar-refractivity contribution in [2.45, 2.75) is 38.3 Å². The van der Waals surface area contributed by atoms with Crippen molar-refractivity contribution in [1.29, 1.82) is 0 Å². The van der Waals surface area contributed by atoms with E-state index in [1.807, 2.05) is 12.1 Å². The highest BCUT2D eigenvalue weighted by Crippen LogP contribution is 2.31. The van der Waals surface area contributed by atoms with E-state index >= 15 is 0 Å². The molecule has 1 aliphatic heterocycles. The molecule has 2 heterocycles. The summed E-state index contributed by atoms with van der Waals surface area (Å²) >= 11 is 0. The Morgan fingerprint density at radius 2 is 1.96 bits per heavy atom. The Bertz CT molecular complexity index is 718. The fraction of sp³-hybridized carbons (Fsp3) is 0.368. The van der Waals surface area contributed by atoms with Crippen molar-refractivity contribution in [2.75, 3.05) is 6.54 Å². The van der Waals surface area contributed by atoms with Crippen LogP contribution in [0.3, 0.4) is 0 Å². The molecule has 1 aromatic carbocycles. The molecule has 0 radical (unpaired) electrons. The first-order valence-corrected chi connectivity index (χ1v) is 8.46. The zero-order valence-corrected chi connectivity index (χ0v) is 14.1. The van der Waals surface area contributed by atoms with Crippen LogP contribution in [-0.4, -0.2) is 28.5 Å². The molecule has 1 fully saturated rings. The Kier molecular flexibility index (Phi) is 5.26. The first-order chi connectivity index (χ1) is 12.1. The molecular formula is C19H21F2N3O. The van der Waals surface area contributed by atoms with Crippen LogP contribution in [0, 0.1) is 11.6 Å². The lowest BCUT2D eigenvalue weighted by atomic mass is 10.1. The maximum atomic E-state index is 13.8. The summed E-state index contributed by atoms with van der Waals surface area (Å²) in [5.74, 6) is -1.17. The van der Waals surface area contributed by atoms with E-state index in [9.17, 15) is 13.6 Å². The molecule has 6 heteroatoms. The molecule has 0 spiro atoms. The highest BCUT2D eigenvalue weighted by Gasteiger charge is 2.30. The Morgan fingerprint density at radius 1 is 1.28 bits per heavy atom. The predicted molar refractivity (Wildman–Crippen MR) is 91.0 cm³/mol. The van der Waals surface area contributed by atoms with Crippen molar-refractivity contribution in [3.8, 4) is 0 Å². The highest BCUT2D eigenvalue weighted by molar-refractivity contribution is 5.75. The summed E-state index contributed by atoms with van der Waals surface area (Å²) < 4.78 is 27.5. The number of rotatable bonds is 4. The van der Waals surface area contributed by atoms with E-state index < -0.39 is 11.6 Å². The lowest BCUT2D eigenvalue weighted by molar-refractivity contribution is 0.189. The zero-order chi connectivity index (χ0) is 17.8. The van der Waals surface area contributed by atoms with E-state index in [-0.39, 0.29) is 30.1 Å². The van der Waals surface area contributed by atoms with Gasteiger partial charge < -0.3 is 10.2 Å². The molecule has 4 nitrogen and oxygen atoms in total. The average Bonchev–Trinajstić information content (AvgIpc) is 3.09. The molecule has 0 bridgehead atoms. The smallest absolute Gasteiger partial charge is 0.318 e. The lowest BCUT2D eigenvalue weighted by Gasteiger charge is -2.27. The van der Waals surface area contributed by atoms with Crippen LogP contribution in [0.4, 0.5) is 13.6 Å². The summed E-state index contributed by atoms with van der Waals surface area (Å²) in [6.07, 6.45) is 5.36. The maximum absolute atomic E-state index is 13.8. The van der Waals surface area contributed by atoms with Gasteiger partial charge in [-0.25, -0.2) is 13.6 Å². The number of pyridine rings is 1. The molecule has 1 saturated heterocycles. The van der Waals surface area contributed by atoms with Gasteiger partial charge in [0.2, 0.25) is 0 Å². The van der Waals surface area contributed by atoms with E-state index in [1.165, 1.54) is 18.2 Å². The van der Waals surface area contributed by atoms with Gasteiger partial charge in [-0.15, -0.1) is 0 Å². The van der Waals surface area contributed by atoms with Gasteiger partial charge in [0.1, 0.15) is 11.6 Å². The first-order valence-electron chi connectivity index (χ1n) is 8.46. The molecule has 1 N–H and O–H groups in total. The number of carbonyl (C=O) groups excluding carboxylic acids is 1. The van der Waals surface area contributed by atoms with E-state index in [0.29, 0.717) is 6.54 Å². The quantitative estimate of drug-likeness (QED) is 0.915. The molecule has 1 aliphatic rings. The van der Waals surface area contributed by atoms with Gasteiger partial charge in [0.25, 0.3) is 0 Å². The summed E-state index contributed by atoms with van der Waals surface area (Å²) in [7, 11) is 0. The number of likely N-dealkylation sites (tertiary alicyclic amines) is 1. The van der Waals surface area contributed by atoms with Crippen LogP contribution in [0.2, 0.25) is 0 Å². The van der Waals surface area contributed by atoms with Crippen LogP contribution in [0.25, 0.3) is 0 Å². The maximum Gasteiger partial charge on any atom is 0.318 e. The number of benzene rings is 1. The molecule has 25 heavy (non-hydrogen) atoms. The lowest BCUT2D eigenvalue weighted by Crippen LogP contribution is -2.44. The number of carbonyl (C=O) groups is 1. The highest BCUT2D eigenvalue weighted by atomic mass is 19.1. The number of halogens is 2. The molecule has 2 aromatic rings. The van der Waals surface area contributed by atoms with Crippen molar-refractivity contribution >= 4 is 6.03 Å². The third-order valence-corrected chi connectivity index (χ3v) is 4.55. The summed E-state index contributed by atoms with van der Waals surface area (Å²) in [5, 5.41) is 2.86. The van der Waals surface area contributed by atoms with Gasteiger partial charge in [-0.2, -0.15) is 0 Å². The Labute approximate surface area is 145 Å². The van der Waals surface area contributed by atoms with Crippen LogP contribution < -0.4 is 5.32 Å². The van der Waals surface area contributed by atoms with E-state index in [0.717, 1.165) is 18.4 Å². The molecule has 0 aliphatic carbocycles. The topological polar surface area (TPSA) is 45.2 Å². The molecule has 132 valence electrons. The summed E-state index contributed by atoms with van der Waals surface area (Å²) in [4.78, 5) is 18.4. The fourth-order valence-electron chi connectivity index (χ4n) is 3.32. The van der Waals surface area contributed by atoms with Gasteiger partial charge in [-0.3, -0.25) is 4.98 Å². The normalized spacial score (nSPS) is 18.2. The Balaban J connectivity index is 1.65. The monoisotopic (exact) mass is 345 g/mol. The third-order valence-electron chi connectivity index (χ3n) is 4.55. The molecule has 2 atom stereocenters. The fourth-order valence-corrected chi connectivity index (χ4v) is 3.32. The van der Waals surface area contributed by atoms with Crippen LogP contribution in [0.1, 0.15) is 36.9 Å². The molecule has 0 saturated carbocycles. The van der Waals surface area contributed by atoms with Gasteiger partial charge in [-0.05, 0) is 56.0 Å². The summed E-state index contributed by atoms with van der Waals surface area (Å²) in [5.41, 5.74) is 1.05. The second-order valence-corrected chi connectivity index (χ2v) is 6.39. The van der Waals surface area contributed by atoms with Crippen LogP contribution in [-0.2, 0) is 6.42 Å². The van der Waals surface area contributed by atoms with Crippen LogP contribution in [0.15, 0.2) is 42.7 Å². The van der Waals surface area contributed by atoms with Gasteiger partial charge >= 0.3 is 6.03 Å². The minimum atomic E-state index is -0.586. The van der Waals surface area contributed by atoms with Crippen molar-refractivity contribution in [1.82, 2.24) is 15.2 Å². The predicted octanol–water partition coefficient (Wildman–Crippen LogP) is 3.84. The van der Waals surface area contributed by atoms with Crippen molar-refractivity contribution in [3.05, 3.63) is 65.5 Å².